The van der Waals surface area contributed by atoms with E-state index < -0.39 is 0 Å². The number of hydrazine groups is 1. The molecule has 3 N–H and O–H groups in total. The normalized spacial score (nSPS) is 26.2. The summed E-state index contributed by atoms with van der Waals surface area (Å²) in [6.07, 6.45) is 13.2. The summed E-state index contributed by atoms with van der Waals surface area (Å²) < 4.78 is 0. The van der Waals surface area contributed by atoms with Gasteiger partial charge in [0.25, 0.3) is 0 Å². The minimum atomic E-state index is 0.488. The molecule has 2 heteroatoms. The van der Waals surface area contributed by atoms with Gasteiger partial charge in [0.05, 0.1) is 0 Å². The molecule has 0 heterocycles. The SMILES string of the molecule is NNC(C1=CCCCCC1)C1CCC1. The van der Waals surface area contributed by atoms with Crippen LogP contribution in [0.5, 0.6) is 0 Å². The lowest BCUT2D eigenvalue weighted by Crippen LogP contribution is -2.44. The maximum atomic E-state index is 5.67. The summed E-state index contributed by atoms with van der Waals surface area (Å²) >= 11 is 0. The van der Waals surface area contributed by atoms with E-state index in [2.05, 4.69) is 11.5 Å². The average Bonchev–Trinajstić information content (AvgIpc) is 2.38. The van der Waals surface area contributed by atoms with Crippen molar-refractivity contribution in [2.24, 2.45) is 11.8 Å². The van der Waals surface area contributed by atoms with Crippen LogP contribution in [0.3, 0.4) is 0 Å². The molecule has 0 aliphatic heterocycles. The van der Waals surface area contributed by atoms with Crippen molar-refractivity contribution in [2.45, 2.75) is 57.4 Å². The fourth-order valence-corrected chi connectivity index (χ4v) is 2.64. The first kappa shape index (κ1) is 10.2. The second-order valence-corrected chi connectivity index (χ2v) is 4.71. The minimum absolute atomic E-state index is 0.488. The quantitative estimate of drug-likeness (QED) is 0.411. The number of hydrogen-bond donors (Lipinski definition) is 2. The zero-order valence-corrected chi connectivity index (χ0v) is 8.97. The van der Waals surface area contributed by atoms with Gasteiger partial charge in [-0.25, -0.2) is 0 Å². The van der Waals surface area contributed by atoms with Crippen molar-refractivity contribution in [3.63, 3.8) is 0 Å². The topological polar surface area (TPSA) is 38.0 Å². The number of rotatable bonds is 3. The summed E-state index contributed by atoms with van der Waals surface area (Å²) in [5.74, 6) is 6.50. The molecule has 0 aromatic rings. The van der Waals surface area contributed by atoms with E-state index in [0.717, 1.165) is 5.92 Å². The molecule has 1 fully saturated rings. The summed E-state index contributed by atoms with van der Waals surface area (Å²) in [6.45, 7) is 0. The third-order valence-corrected chi connectivity index (χ3v) is 3.78. The molecule has 0 radical (unpaired) electrons. The molecule has 14 heavy (non-hydrogen) atoms. The van der Waals surface area contributed by atoms with E-state index in [1.165, 1.54) is 51.4 Å². The molecule has 0 bridgehead atoms. The van der Waals surface area contributed by atoms with E-state index in [0.29, 0.717) is 6.04 Å². The van der Waals surface area contributed by atoms with Gasteiger partial charge in [0, 0.05) is 6.04 Å². The van der Waals surface area contributed by atoms with Gasteiger partial charge in [-0.2, -0.15) is 0 Å². The maximum Gasteiger partial charge on any atom is 0.0447 e. The summed E-state index contributed by atoms with van der Waals surface area (Å²) in [4.78, 5) is 0. The van der Waals surface area contributed by atoms with E-state index in [-0.39, 0.29) is 0 Å². The van der Waals surface area contributed by atoms with E-state index in [9.17, 15) is 0 Å². The summed E-state index contributed by atoms with van der Waals surface area (Å²) in [6, 6.07) is 0.488. The Morgan fingerprint density at radius 3 is 2.71 bits per heavy atom. The number of nitrogens with one attached hydrogen (secondary N) is 1. The smallest absolute Gasteiger partial charge is 0.0447 e. The molecule has 2 nitrogen and oxygen atoms in total. The van der Waals surface area contributed by atoms with Crippen molar-refractivity contribution in [2.75, 3.05) is 0 Å². The fraction of sp³-hybridized carbons (Fsp3) is 0.833. The summed E-state index contributed by atoms with van der Waals surface area (Å²) in [5.41, 5.74) is 4.63. The van der Waals surface area contributed by atoms with Crippen LogP contribution in [0, 0.1) is 5.92 Å². The standard InChI is InChI=1S/C12H22N2/c13-14-12(11-8-5-9-11)10-6-3-1-2-4-7-10/h6,11-12,14H,1-5,7-9,13H2. The third-order valence-electron chi connectivity index (χ3n) is 3.78. The molecule has 2 aliphatic carbocycles. The molecule has 0 spiro atoms. The van der Waals surface area contributed by atoms with Crippen molar-refractivity contribution in [3.05, 3.63) is 11.6 Å². The molecule has 80 valence electrons. The van der Waals surface area contributed by atoms with Crippen LogP contribution in [0.25, 0.3) is 0 Å². The molecule has 0 aromatic carbocycles. The molecule has 0 amide bonds. The first-order chi connectivity index (χ1) is 6.92. The Labute approximate surface area is 86.9 Å². The molecular weight excluding hydrogens is 172 g/mol. The van der Waals surface area contributed by atoms with E-state index in [1.807, 2.05) is 0 Å². The van der Waals surface area contributed by atoms with Crippen molar-refractivity contribution in [1.29, 1.82) is 0 Å². The van der Waals surface area contributed by atoms with Crippen LogP contribution < -0.4 is 11.3 Å². The van der Waals surface area contributed by atoms with Crippen LogP contribution in [0.4, 0.5) is 0 Å². The highest BCUT2D eigenvalue weighted by Gasteiger charge is 2.28. The lowest BCUT2D eigenvalue weighted by molar-refractivity contribution is 0.249. The van der Waals surface area contributed by atoms with Gasteiger partial charge in [-0.05, 0) is 44.4 Å². The lowest BCUT2D eigenvalue weighted by atomic mass is 9.76. The molecular formula is C12H22N2. The Morgan fingerprint density at radius 1 is 1.21 bits per heavy atom. The Balaban J connectivity index is 1.97. The van der Waals surface area contributed by atoms with Gasteiger partial charge >= 0.3 is 0 Å². The molecule has 1 atom stereocenters. The molecule has 1 unspecified atom stereocenters. The van der Waals surface area contributed by atoms with Gasteiger partial charge in [-0.3, -0.25) is 11.3 Å². The number of allylic oxidation sites excluding steroid dienone is 1. The van der Waals surface area contributed by atoms with Crippen LogP contribution in [-0.2, 0) is 0 Å². The highest BCUT2D eigenvalue weighted by Crippen LogP contribution is 2.34. The molecule has 0 saturated heterocycles. The predicted molar refractivity (Wildman–Crippen MR) is 59.6 cm³/mol. The van der Waals surface area contributed by atoms with E-state index in [1.54, 1.807) is 5.57 Å². The number of hydrogen-bond acceptors (Lipinski definition) is 2. The van der Waals surface area contributed by atoms with Gasteiger partial charge in [0.2, 0.25) is 0 Å². The summed E-state index contributed by atoms with van der Waals surface area (Å²) in [7, 11) is 0. The Morgan fingerprint density at radius 2 is 2.07 bits per heavy atom. The van der Waals surface area contributed by atoms with Gasteiger partial charge in [-0.15, -0.1) is 0 Å². The van der Waals surface area contributed by atoms with Crippen molar-refractivity contribution >= 4 is 0 Å². The van der Waals surface area contributed by atoms with Gasteiger partial charge < -0.3 is 0 Å². The van der Waals surface area contributed by atoms with Crippen LogP contribution in [-0.4, -0.2) is 6.04 Å². The average molecular weight is 194 g/mol. The maximum absolute atomic E-state index is 5.67. The first-order valence-electron chi connectivity index (χ1n) is 6.07. The van der Waals surface area contributed by atoms with Crippen LogP contribution >= 0.6 is 0 Å². The second-order valence-electron chi connectivity index (χ2n) is 4.71. The Kier molecular flexibility index (Phi) is 3.60. The fourth-order valence-electron chi connectivity index (χ4n) is 2.64. The van der Waals surface area contributed by atoms with Crippen LogP contribution in [0.1, 0.15) is 51.4 Å². The predicted octanol–water partition coefficient (Wildman–Crippen LogP) is 2.51. The monoisotopic (exact) mass is 194 g/mol. The molecule has 2 rings (SSSR count). The van der Waals surface area contributed by atoms with Gasteiger partial charge in [0.1, 0.15) is 0 Å². The third kappa shape index (κ3) is 2.18. The molecule has 2 aliphatic rings. The summed E-state index contributed by atoms with van der Waals surface area (Å²) in [5, 5.41) is 0. The van der Waals surface area contributed by atoms with Crippen molar-refractivity contribution in [1.82, 2.24) is 5.43 Å². The number of nitrogens with two attached hydrogens (primary N) is 1. The largest absolute Gasteiger partial charge is 0.271 e. The second kappa shape index (κ2) is 4.94. The lowest BCUT2D eigenvalue weighted by Gasteiger charge is -2.35. The highest BCUT2D eigenvalue weighted by molar-refractivity contribution is 5.14. The first-order valence-corrected chi connectivity index (χ1v) is 6.07. The van der Waals surface area contributed by atoms with Gasteiger partial charge in [-0.1, -0.05) is 24.5 Å². The molecule has 1 saturated carbocycles. The van der Waals surface area contributed by atoms with Crippen LogP contribution in [0.2, 0.25) is 0 Å². The molecule has 0 aromatic heterocycles. The van der Waals surface area contributed by atoms with E-state index >= 15 is 0 Å². The zero-order valence-electron chi connectivity index (χ0n) is 8.97. The minimum Gasteiger partial charge on any atom is -0.271 e. The van der Waals surface area contributed by atoms with Gasteiger partial charge in [0.15, 0.2) is 0 Å². The Hall–Kier alpha value is -0.340. The highest BCUT2D eigenvalue weighted by atomic mass is 15.2. The van der Waals surface area contributed by atoms with Crippen molar-refractivity contribution < 1.29 is 0 Å². The Bertz CT molecular complexity index is 206. The van der Waals surface area contributed by atoms with Crippen LogP contribution in [0.15, 0.2) is 11.6 Å². The zero-order chi connectivity index (χ0) is 9.80. The van der Waals surface area contributed by atoms with Crippen molar-refractivity contribution in [3.8, 4) is 0 Å². The van der Waals surface area contributed by atoms with E-state index in [4.69, 9.17) is 5.84 Å².